The molecule has 0 aromatic heterocycles. The fourth-order valence-electron chi connectivity index (χ4n) is 2.01. The van der Waals surface area contributed by atoms with E-state index in [1.165, 1.54) is 0 Å². The van der Waals surface area contributed by atoms with Gasteiger partial charge >= 0.3 is 0 Å². The summed E-state index contributed by atoms with van der Waals surface area (Å²) in [4.78, 5) is 11.9. The minimum absolute atomic E-state index is 0.0761. The average Bonchev–Trinajstić information content (AvgIpc) is 3.11. The molecule has 0 bridgehead atoms. The van der Waals surface area contributed by atoms with Crippen LogP contribution in [0.25, 0.3) is 0 Å². The van der Waals surface area contributed by atoms with Crippen molar-refractivity contribution in [2.45, 2.75) is 25.3 Å². The van der Waals surface area contributed by atoms with Gasteiger partial charge in [0.15, 0.2) is 0 Å². The molecule has 1 fully saturated rings. The molecule has 1 aliphatic carbocycles. The van der Waals surface area contributed by atoms with Crippen LogP contribution in [0.1, 0.15) is 30.1 Å². The summed E-state index contributed by atoms with van der Waals surface area (Å²) in [5.74, 6) is -1.93. The minimum Gasteiger partial charge on any atom is -0.394 e. The van der Waals surface area contributed by atoms with Crippen LogP contribution in [0.5, 0.6) is 0 Å². The summed E-state index contributed by atoms with van der Waals surface area (Å²) in [7, 11) is 0. The number of carbonyl (C=O) groups is 1. The predicted molar refractivity (Wildman–Crippen MR) is 62.0 cm³/mol. The quantitative estimate of drug-likeness (QED) is 0.862. The molecular weight excluding hydrogens is 240 g/mol. The van der Waals surface area contributed by atoms with Crippen molar-refractivity contribution in [3.05, 3.63) is 35.4 Å². The third-order valence-corrected chi connectivity index (χ3v) is 3.33. The van der Waals surface area contributed by atoms with Crippen molar-refractivity contribution in [3.63, 3.8) is 0 Å². The van der Waals surface area contributed by atoms with Crippen LogP contribution in [0.3, 0.4) is 0 Å². The SMILES string of the molecule is CC(CO)(NC(=O)c1cc(F)cc(F)c1)C1CC1. The first-order valence-corrected chi connectivity index (χ1v) is 5.84. The van der Waals surface area contributed by atoms with Crippen molar-refractivity contribution >= 4 is 5.91 Å². The van der Waals surface area contributed by atoms with E-state index < -0.39 is 23.1 Å². The molecule has 1 amide bonds. The molecule has 1 aliphatic rings. The van der Waals surface area contributed by atoms with Gasteiger partial charge in [0.05, 0.1) is 12.1 Å². The van der Waals surface area contributed by atoms with Gasteiger partial charge in [-0.3, -0.25) is 4.79 Å². The molecule has 18 heavy (non-hydrogen) atoms. The maximum atomic E-state index is 13.0. The summed E-state index contributed by atoms with van der Waals surface area (Å²) in [6.45, 7) is 1.54. The van der Waals surface area contributed by atoms with Crippen LogP contribution in [-0.4, -0.2) is 23.2 Å². The number of halogens is 2. The zero-order chi connectivity index (χ0) is 13.3. The largest absolute Gasteiger partial charge is 0.394 e. The standard InChI is InChI=1S/C13H15F2NO2/c1-13(7-17,9-2-3-9)16-12(18)8-4-10(14)6-11(15)5-8/h4-6,9,17H,2-3,7H2,1H3,(H,16,18). The molecule has 0 saturated heterocycles. The number of hydrogen-bond donors (Lipinski definition) is 2. The predicted octanol–water partition coefficient (Wildman–Crippen LogP) is 1.86. The number of rotatable bonds is 4. The number of carbonyl (C=O) groups excluding carboxylic acids is 1. The Bertz CT molecular complexity index is 454. The molecule has 2 N–H and O–H groups in total. The molecule has 98 valence electrons. The molecule has 1 aromatic rings. The lowest BCUT2D eigenvalue weighted by Crippen LogP contribution is -2.50. The van der Waals surface area contributed by atoms with Crippen LogP contribution in [0.2, 0.25) is 0 Å². The Morgan fingerprint density at radius 1 is 1.39 bits per heavy atom. The molecule has 1 saturated carbocycles. The third-order valence-electron chi connectivity index (χ3n) is 3.33. The van der Waals surface area contributed by atoms with E-state index in [1.54, 1.807) is 6.92 Å². The van der Waals surface area contributed by atoms with Gasteiger partial charge in [0.1, 0.15) is 11.6 Å². The summed E-state index contributed by atoms with van der Waals surface area (Å²) in [6, 6.07) is 2.66. The maximum absolute atomic E-state index is 13.0. The zero-order valence-electron chi connectivity index (χ0n) is 10.0. The smallest absolute Gasteiger partial charge is 0.251 e. The Morgan fingerprint density at radius 3 is 2.39 bits per heavy atom. The van der Waals surface area contributed by atoms with Crippen molar-refractivity contribution in [1.82, 2.24) is 5.32 Å². The lowest BCUT2D eigenvalue weighted by molar-refractivity contribution is 0.0823. The van der Waals surface area contributed by atoms with Crippen LogP contribution in [-0.2, 0) is 0 Å². The summed E-state index contributed by atoms with van der Waals surface area (Å²) >= 11 is 0. The summed E-state index contributed by atoms with van der Waals surface area (Å²) in [5.41, 5.74) is -0.798. The van der Waals surface area contributed by atoms with Gasteiger partial charge in [-0.15, -0.1) is 0 Å². The van der Waals surface area contributed by atoms with E-state index in [0.29, 0.717) is 6.07 Å². The van der Waals surface area contributed by atoms with E-state index >= 15 is 0 Å². The van der Waals surface area contributed by atoms with Crippen molar-refractivity contribution in [2.75, 3.05) is 6.61 Å². The maximum Gasteiger partial charge on any atom is 0.251 e. The molecule has 1 atom stereocenters. The first-order valence-electron chi connectivity index (χ1n) is 5.84. The number of aliphatic hydroxyl groups is 1. The summed E-state index contributed by atoms with van der Waals surface area (Å²) < 4.78 is 26.0. The van der Waals surface area contributed by atoms with Crippen molar-refractivity contribution < 1.29 is 18.7 Å². The highest BCUT2D eigenvalue weighted by atomic mass is 19.1. The molecule has 0 heterocycles. The van der Waals surface area contributed by atoms with E-state index in [4.69, 9.17) is 0 Å². The number of amides is 1. The Labute approximate surface area is 104 Å². The fraction of sp³-hybridized carbons (Fsp3) is 0.462. The van der Waals surface area contributed by atoms with Gasteiger partial charge < -0.3 is 10.4 Å². The van der Waals surface area contributed by atoms with Gasteiger partial charge in [-0.05, 0) is 37.8 Å². The number of hydrogen-bond acceptors (Lipinski definition) is 2. The Kier molecular flexibility index (Phi) is 3.34. The molecule has 0 radical (unpaired) electrons. The molecule has 5 heteroatoms. The van der Waals surface area contributed by atoms with E-state index in [9.17, 15) is 18.7 Å². The van der Waals surface area contributed by atoms with Crippen LogP contribution in [0.4, 0.5) is 8.78 Å². The number of nitrogens with one attached hydrogen (secondary N) is 1. The average molecular weight is 255 g/mol. The second-order valence-electron chi connectivity index (χ2n) is 4.96. The summed E-state index contributed by atoms with van der Waals surface area (Å²) in [6.07, 6.45) is 1.88. The Morgan fingerprint density at radius 2 is 1.94 bits per heavy atom. The normalized spacial score (nSPS) is 18.2. The molecule has 0 spiro atoms. The van der Waals surface area contributed by atoms with Crippen LogP contribution < -0.4 is 5.32 Å². The van der Waals surface area contributed by atoms with Crippen LogP contribution >= 0.6 is 0 Å². The first kappa shape index (κ1) is 13.0. The molecule has 3 nitrogen and oxygen atoms in total. The lowest BCUT2D eigenvalue weighted by atomic mass is 9.96. The monoisotopic (exact) mass is 255 g/mol. The van der Waals surface area contributed by atoms with E-state index in [2.05, 4.69) is 5.32 Å². The highest BCUT2D eigenvalue weighted by molar-refractivity contribution is 5.94. The molecule has 2 rings (SSSR count). The van der Waals surface area contributed by atoms with Crippen LogP contribution in [0.15, 0.2) is 18.2 Å². The molecule has 0 aliphatic heterocycles. The second-order valence-corrected chi connectivity index (χ2v) is 4.96. The molecular formula is C13H15F2NO2. The molecule has 1 aromatic carbocycles. The van der Waals surface area contributed by atoms with Crippen molar-refractivity contribution in [3.8, 4) is 0 Å². The highest BCUT2D eigenvalue weighted by Crippen LogP contribution is 2.39. The highest BCUT2D eigenvalue weighted by Gasteiger charge is 2.42. The first-order chi connectivity index (χ1) is 8.44. The summed E-state index contributed by atoms with van der Waals surface area (Å²) in [5, 5.41) is 12.0. The molecule has 1 unspecified atom stereocenters. The Balaban J connectivity index is 2.16. The van der Waals surface area contributed by atoms with Crippen molar-refractivity contribution in [2.24, 2.45) is 5.92 Å². The van der Waals surface area contributed by atoms with E-state index in [0.717, 1.165) is 25.0 Å². The van der Waals surface area contributed by atoms with E-state index in [-0.39, 0.29) is 18.1 Å². The van der Waals surface area contributed by atoms with Gasteiger partial charge in [0, 0.05) is 11.6 Å². The minimum atomic E-state index is -0.794. The second kappa shape index (κ2) is 4.65. The van der Waals surface area contributed by atoms with Gasteiger partial charge in [-0.1, -0.05) is 0 Å². The van der Waals surface area contributed by atoms with Gasteiger partial charge in [0.2, 0.25) is 0 Å². The van der Waals surface area contributed by atoms with Gasteiger partial charge in [-0.2, -0.15) is 0 Å². The third kappa shape index (κ3) is 2.67. The lowest BCUT2D eigenvalue weighted by Gasteiger charge is -2.28. The van der Waals surface area contributed by atoms with Crippen molar-refractivity contribution in [1.29, 1.82) is 0 Å². The number of benzene rings is 1. The van der Waals surface area contributed by atoms with Gasteiger partial charge in [-0.25, -0.2) is 8.78 Å². The van der Waals surface area contributed by atoms with Crippen LogP contribution in [0, 0.1) is 17.6 Å². The topological polar surface area (TPSA) is 49.3 Å². The van der Waals surface area contributed by atoms with E-state index in [1.807, 2.05) is 0 Å². The zero-order valence-corrected chi connectivity index (χ0v) is 10.0. The number of aliphatic hydroxyl groups excluding tert-OH is 1. The Hall–Kier alpha value is -1.49. The fourth-order valence-corrected chi connectivity index (χ4v) is 2.01. The van der Waals surface area contributed by atoms with Gasteiger partial charge in [0.25, 0.3) is 5.91 Å².